The van der Waals surface area contributed by atoms with E-state index in [0.717, 1.165) is 38.3 Å². The predicted octanol–water partition coefficient (Wildman–Crippen LogP) is 2.71. The van der Waals surface area contributed by atoms with Crippen LogP contribution in [0.2, 0.25) is 0 Å². The van der Waals surface area contributed by atoms with E-state index < -0.39 is 0 Å². The number of benzene rings is 2. The van der Waals surface area contributed by atoms with Crippen molar-refractivity contribution in [3.8, 4) is 5.69 Å². The van der Waals surface area contributed by atoms with E-state index in [2.05, 4.69) is 55.7 Å². The summed E-state index contributed by atoms with van der Waals surface area (Å²) < 4.78 is 1.66. The smallest absolute Gasteiger partial charge is 0.253 e. The number of carbonyl (C=O) groups is 1. The molecule has 2 bridgehead atoms. The van der Waals surface area contributed by atoms with Crippen molar-refractivity contribution in [3.05, 3.63) is 71.5 Å². The van der Waals surface area contributed by atoms with Gasteiger partial charge in [-0.15, -0.1) is 5.10 Å². The summed E-state index contributed by atoms with van der Waals surface area (Å²) in [5, 5.41) is 11.7. The number of fused-ring (bicyclic) bond motifs is 4. The SMILES string of the molecule is Cc1nnnn1-c1cccc(C(=O)N2C[C@H]3CC[C@@H](C2)N(Cc2ccccc2)C3)c1. The largest absolute Gasteiger partial charge is 0.337 e. The Morgan fingerprint density at radius 2 is 1.90 bits per heavy atom. The minimum Gasteiger partial charge on any atom is -0.337 e. The number of aryl methyl sites for hydroxylation is 1. The van der Waals surface area contributed by atoms with Crippen LogP contribution in [0.5, 0.6) is 0 Å². The minimum absolute atomic E-state index is 0.0982. The van der Waals surface area contributed by atoms with Gasteiger partial charge in [-0.25, -0.2) is 0 Å². The third kappa shape index (κ3) is 3.73. The third-order valence-corrected chi connectivity index (χ3v) is 6.31. The Balaban J connectivity index is 1.34. The lowest BCUT2D eigenvalue weighted by Crippen LogP contribution is -2.43. The molecule has 0 aliphatic carbocycles. The molecule has 3 saturated heterocycles. The van der Waals surface area contributed by atoms with Crippen molar-refractivity contribution in [2.75, 3.05) is 19.6 Å². The topological polar surface area (TPSA) is 67.2 Å². The van der Waals surface area contributed by atoms with Crippen LogP contribution in [0.1, 0.15) is 34.6 Å². The Labute approximate surface area is 176 Å². The van der Waals surface area contributed by atoms with Crippen LogP contribution in [-0.4, -0.2) is 61.6 Å². The highest BCUT2D eigenvalue weighted by atomic mass is 16.2. The summed E-state index contributed by atoms with van der Waals surface area (Å²) in [6.45, 7) is 5.48. The number of aromatic nitrogens is 4. The first-order valence-electron chi connectivity index (χ1n) is 10.6. The van der Waals surface area contributed by atoms with Gasteiger partial charge >= 0.3 is 0 Å². The van der Waals surface area contributed by atoms with Crippen molar-refractivity contribution in [2.45, 2.75) is 32.4 Å². The first-order valence-corrected chi connectivity index (χ1v) is 10.6. The molecule has 0 radical (unpaired) electrons. The molecule has 0 spiro atoms. The number of rotatable bonds is 4. The molecule has 7 heteroatoms. The molecule has 0 saturated carbocycles. The number of tetrazole rings is 1. The van der Waals surface area contributed by atoms with Crippen LogP contribution < -0.4 is 0 Å². The number of piperidine rings is 1. The summed E-state index contributed by atoms with van der Waals surface area (Å²) in [5.74, 6) is 1.33. The van der Waals surface area contributed by atoms with Gasteiger partial charge in [-0.3, -0.25) is 9.69 Å². The van der Waals surface area contributed by atoms with E-state index in [1.54, 1.807) is 4.68 Å². The summed E-state index contributed by atoms with van der Waals surface area (Å²) in [4.78, 5) is 18.0. The van der Waals surface area contributed by atoms with E-state index in [0.29, 0.717) is 23.3 Å². The molecule has 3 aromatic rings. The van der Waals surface area contributed by atoms with Crippen LogP contribution in [0.4, 0.5) is 0 Å². The molecular weight excluding hydrogens is 376 g/mol. The highest BCUT2D eigenvalue weighted by Gasteiger charge is 2.36. The zero-order chi connectivity index (χ0) is 20.5. The molecule has 6 rings (SSSR count). The molecule has 7 nitrogen and oxygen atoms in total. The van der Waals surface area contributed by atoms with Crippen LogP contribution in [-0.2, 0) is 6.54 Å². The second-order valence-corrected chi connectivity index (χ2v) is 8.41. The maximum absolute atomic E-state index is 13.4. The van der Waals surface area contributed by atoms with Crippen molar-refractivity contribution >= 4 is 5.91 Å². The Morgan fingerprint density at radius 3 is 2.70 bits per heavy atom. The van der Waals surface area contributed by atoms with Crippen molar-refractivity contribution < 1.29 is 4.79 Å². The van der Waals surface area contributed by atoms with Gasteiger partial charge in [0.05, 0.1) is 5.69 Å². The minimum atomic E-state index is 0.0982. The highest BCUT2D eigenvalue weighted by molar-refractivity contribution is 5.94. The normalized spacial score (nSPS) is 21.6. The van der Waals surface area contributed by atoms with E-state index in [4.69, 9.17) is 0 Å². The zero-order valence-corrected chi connectivity index (χ0v) is 17.2. The van der Waals surface area contributed by atoms with Crippen LogP contribution in [0.15, 0.2) is 54.6 Å². The molecular formula is C23H26N6O. The van der Waals surface area contributed by atoms with Crippen LogP contribution >= 0.6 is 0 Å². The van der Waals surface area contributed by atoms with Gasteiger partial charge < -0.3 is 4.90 Å². The second kappa shape index (κ2) is 7.99. The molecule has 4 heterocycles. The molecule has 3 aliphatic rings. The standard InChI is InChI=1S/C23H26N6O/c1-17-24-25-26-29(17)21-9-5-8-20(12-21)23(30)28-15-19-10-11-22(16-28)27(14-19)13-18-6-3-2-4-7-18/h2-9,12,19,22H,10-11,13-16H2,1H3/t19-,22-/m0/s1. The van der Waals surface area contributed by atoms with Crippen LogP contribution in [0.25, 0.3) is 5.69 Å². The van der Waals surface area contributed by atoms with Gasteiger partial charge in [0.2, 0.25) is 0 Å². The van der Waals surface area contributed by atoms with Gasteiger partial charge in [-0.2, -0.15) is 4.68 Å². The quantitative estimate of drug-likeness (QED) is 0.671. The molecule has 3 aliphatic heterocycles. The Morgan fingerprint density at radius 1 is 1.03 bits per heavy atom. The Bertz CT molecular complexity index is 1030. The number of hydrogen-bond donors (Lipinski definition) is 0. The first kappa shape index (κ1) is 18.9. The van der Waals surface area contributed by atoms with Crippen molar-refractivity contribution in [1.82, 2.24) is 30.0 Å². The Kier molecular flexibility index (Phi) is 5.04. The molecule has 1 amide bonds. The fourth-order valence-electron chi connectivity index (χ4n) is 4.78. The van der Waals surface area contributed by atoms with Crippen LogP contribution in [0, 0.1) is 12.8 Å². The fraction of sp³-hybridized carbons (Fsp3) is 0.391. The average Bonchev–Trinajstić information content (AvgIpc) is 3.00. The van der Waals surface area contributed by atoms with E-state index in [-0.39, 0.29) is 5.91 Å². The molecule has 30 heavy (non-hydrogen) atoms. The van der Waals surface area contributed by atoms with E-state index in [1.807, 2.05) is 31.2 Å². The lowest BCUT2D eigenvalue weighted by molar-refractivity contribution is 0.0736. The molecule has 0 N–H and O–H groups in total. The number of nitrogens with zero attached hydrogens (tertiary/aromatic N) is 6. The monoisotopic (exact) mass is 402 g/mol. The molecule has 0 unspecified atom stereocenters. The van der Waals surface area contributed by atoms with Gasteiger partial charge in [0.25, 0.3) is 5.91 Å². The maximum atomic E-state index is 13.4. The summed E-state index contributed by atoms with van der Waals surface area (Å²) in [5.41, 5.74) is 2.84. The van der Waals surface area contributed by atoms with Gasteiger partial charge in [0.1, 0.15) is 0 Å². The zero-order valence-electron chi connectivity index (χ0n) is 17.2. The van der Waals surface area contributed by atoms with Gasteiger partial charge in [0, 0.05) is 37.8 Å². The van der Waals surface area contributed by atoms with E-state index in [9.17, 15) is 4.79 Å². The molecule has 3 fully saturated rings. The fourth-order valence-corrected chi connectivity index (χ4v) is 4.78. The van der Waals surface area contributed by atoms with E-state index >= 15 is 0 Å². The first-order chi connectivity index (χ1) is 14.7. The molecule has 2 aromatic carbocycles. The van der Waals surface area contributed by atoms with Gasteiger partial charge in [-0.1, -0.05) is 36.4 Å². The summed E-state index contributed by atoms with van der Waals surface area (Å²) in [7, 11) is 0. The molecule has 2 atom stereocenters. The van der Waals surface area contributed by atoms with Crippen LogP contribution in [0.3, 0.4) is 0 Å². The van der Waals surface area contributed by atoms with Gasteiger partial charge in [-0.05, 0) is 59.9 Å². The van der Waals surface area contributed by atoms with Crippen molar-refractivity contribution in [2.24, 2.45) is 5.92 Å². The number of amides is 1. The summed E-state index contributed by atoms with van der Waals surface area (Å²) in [6.07, 6.45) is 2.36. The van der Waals surface area contributed by atoms with Crippen molar-refractivity contribution in [1.29, 1.82) is 0 Å². The average molecular weight is 403 g/mol. The molecule has 154 valence electrons. The van der Waals surface area contributed by atoms with E-state index in [1.165, 1.54) is 12.0 Å². The van der Waals surface area contributed by atoms with Gasteiger partial charge in [0.15, 0.2) is 5.82 Å². The molecule has 1 aromatic heterocycles. The Hall–Kier alpha value is -3.06. The number of carbonyl (C=O) groups excluding carboxylic acids is 1. The highest BCUT2D eigenvalue weighted by Crippen LogP contribution is 2.30. The number of hydrogen-bond acceptors (Lipinski definition) is 5. The summed E-state index contributed by atoms with van der Waals surface area (Å²) >= 11 is 0. The lowest BCUT2D eigenvalue weighted by atomic mass is 9.94. The summed E-state index contributed by atoms with van der Waals surface area (Å²) in [6, 6.07) is 18.6. The predicted molar refractivity (Wildman–Crippen MR) is 113 cm³/mol. The van der Waals surface area contributed by atoms with Crippen molar-refractivity contribution in [3.63, 3.8) is 0 Å². The second-order valence-electron chi connectivity index (χ2n) is 8.41. The lowest BCUT2D eigenvalue weighted by Gasteiger charge is -2.36. The maximum Gasteiger partial charge on any atom is 0.253 e. The third-order valence-electron chi connectivity index (χ3n) is 6.31.